The number of rotatable bonds is 4. The number of nitrogens with zero attached hydrogens (tertiary/aromatic N) is 5. The van der Waals surface area contributed by atoms with Gasteiger partial charge in [0.15, 0.2) is 0 Å². The standard InChI is InChI=1S/C25H20FN5O2S/c1-34-23-15-31(22-11-17(3-4-19(22)23)24(32)30-6-8-33-9-7-30)25-28-13-18(14-29-25)20-10-16(12-27)2-5-21(20)26/h2-5,10-11,13-15H,6-9H2,1H3. The Labute approximate surface area is 199 Å². The van der Waals surface area contributed by atoms with Gasteiger partial charge >= 0.3 is 0 Å². The van der Waals surface area contributed by atoms with E-state index in [0.717, 1.165) is 15.8 Å². The molecule has 170 valence electrons. The van der Waals surface area contributed by atoms with Crippen molar-refractivity contribution in [2.45, 2.75) is 4.90 Å². The van der Waals surface area contributed by atoms with E-state index in [0.29, 0.717) is 48.9 Å². The van der Waals surface area contributed by atoms with Gasteiger partial charge in [-0.05, 0) is 36.6 Å². The van der Waals surface area contributed by atoms with Gasteiger partial charge in [0.25, 0.3) is 5.91 Å². The van der Waals surface area contributed by atoms with E-state index in [1.807, 2.05) is 41.3 Å². The summed E-state index contributed by atoms with van der Waals surface area (Å²) in [6.07, 6.45) is 7.00. The SMILES string of the molecule is CSc1cn(-c2ncc(-c3cc(C#N)ccc3F)cn2)c2cc(C(=O)N3CCOCC3)ccc12. The number of aromatic nitrogens is 3. The van der Waals surface area contributed by atoms with Crippen molar-refractivity contribution < 1.29 is 13.9 Å². The second kappa shape index (κ2) is 9.25. The van der Waals surface area contributed by atoms with E-state index in [4.69, 9.17) is 10.00 Å². The number of hydrogen-bond acceptors (Lipinski definition) is 6. The maximum atomic E-state index is 14.3. The molecule has 4 aromatic rings. The lowest BCUT2D eigenvalue weighted by Gasteiger charge is -2.26. The number of carbonyl (C=O) groups excluding carboxylic acids is 1. The van der Waals surface area contributed by atoms with E-state index in [9.17, 15) is 9.18 Å². The maximum Gasteiger partial charge on any atom is 0.254 e. The van der Waals surface area contributed by atoms with Gasteiger partial charge in [-0.15, -0.1) is 11.8 Å². The summed E-state index contributed by atoms with van der Waals surface area (Å²) < 4.78 is 21.5. The van der Waals surface area contributed by atoms with Crippen LogP contribution in [-0.4, -0.2) is 57.9 Å². The van der Waals surface area contributed by atoms with Crippen LogP contribution in [0.2, 0.25) is 0 Å². The number of ether oxygens (including phenoxy) is 1. The van der Waals surface area contributed by atoms with E-state index in [1.54, 1.807) is 16.7 Å². The van der Waals surface area contributed by atoms with Crippen molar-refractivity contribution in [3.8, 4) is 23.1 Å². The minimum atomic E-state index is -0.447. The normalized spacial score (nSPS) is 13.7. The average Bonchev–Trinajstić information content (AvgIpc) is 3.27. The summed E-state index contributed by atoms with van der Waals surface area (Å²) in [7, 11) is 0. The second-order valence-corrected chi connectivity index (χ2v) is 8.63. The number of thioether (sulfide) groups is 1. The molecule has 0 spiro atoms. The molecule has 0 atom stereocenters. The lowest BCUT2D eigenvalue weighted by atomic mass is 10.1. The molecule has 0 unspecified atom stereocenters. The summed E-state index contributed by atoms with van der Waals surface area (Å²) >= 11 is 1.59. The van der Waals surface area contributed by atoms with Crippen molar-refractivity contribution in [2.75, 3.05) is 32.6 Å². The Balaban J connectivity index is 1.54. The molecular weight excluding hydrogens is 453 g/mol. The molecule has 0 aliphatic carbocycles. The summed E-state index contributed by atoms with van der Waals surface area (Å²) in [6, 6.07) is 11.8. The first-order valence-corrected chi connectivity index (χ1v) is 11.9. The number of halogens is 1. The van der Waals surface area contributed by atoms with Gasteiger partial charge in [-0.2, -0.15) is 5.26 Å². The van der Waals surface area contributed by atoms with E-state index < -0.39 is 5.82 Å². The van der Waals surface area contributed by atoms with Gasteiger partial charge in [0.1, 0.15) is 5.82 Å². The molecule has 1 saturated heterocycles. The minimum absolute atomic E-state index is 0.0345. The number of benzene rings is 2. The highest BCUT2D eigenvalue weighted by atomic mass is 32.2. The Morgan fingerprint density at radius 3 is 2.62 bits per heavy atom. The zero-order valence-electron chi connectivity index (χ0n) is 18.4. The van der Waals surface area contributed by atoms with Crippen LogP contribution in [0.1, 0.15) is 15.9 Å². The molecule has 9 heteroatoms. The summed E-state index contributed by atoms with van der Waals surface area (Å²) in [5, 5.41) is 10.1. The Morgan fingerprint density at radius 1 is 1.15 bits per heavy atom. The average molecular weight is 474 g/mol. The van der Waals surface area contributed by atoms with Crippen LogP contribution in [0.15, 0.2) is 59.9 Å². The van der Waals surface area contributed by atoms with Crippen molar-refractivity contribution in [1.82, 2.24) is 19.4 Å². The Morgan fingerprint density at radius 2 is 1.91 bits per heavy atom. The molecule has 2 aromatic carbocycles. The monoisotopic (exact) mass is 473 g/mol. The molecule has 1 amide bonds. The summed E-state index contributed by atoms with van der Waals surface area (Å²) in [6.45, 7) is 2.22. The number of fused-ring (bicyclic) bond motifs is 1. The third kappa shape index (κ3) is 4.02. The molecular formula is C25H20FN5O2S. The van der Waals surface area contributed by atoms with Crippen LogP contribution in [0.4, 0.5) is 4.39 Å². The summed E-state index contributed by atoms with van der Waals surface area (Å²) in [5.41, 5.74) is 2.51. The third-order valence-electron chi connectivity index (χ3n) is 5.79. The topological polar surface area (TPSA) is 84.0 Å². The van der Waals surface area contributed by atoms with Crippen molar-refractivity contribution in [1.29, 1.82) is 5.26 Å². The van der Waals surface area contributed by atoms with Gasteiger partial charge in [0, 0.05) is 58.7 Å². The molecule has 1 fully saturated rings. The van der Waals surface area contributed by atoms with E-state index in [-0.39, 0.29) is 11.5 Å². The van der Waals surface area contributed by atoms with Crippen LogP contribution in [0.3, 0.4) is 0 Å². The number of morpholine rings is 1. The van der Waals surface area contributed by atoms with Crippen molar-refractivity contribution in [3.05, 3.63) is 71.9 Å². The van der Waals surface area contributed by atoms with Crippen LogP contribution in [-0.2, 0) is 4.74 Å². The predicted molar refractivity (Wildman–Crippen MR) is 127 cm³/mol. The third-order valence-corrected chi connectivity index (χ3v) is 6.56. The molecule has 34 heavy (non-hydrogen) atoms. The largest absolute Gasteiger partial charge is 0.378 e. The highest BCUT2D eigenvalue weighted by Gasteiger charge is 2.20. The first-order chi connectivity index (χ1) is 16.6. The van der Waals surface area contributed by atoms with Gasteiger partial charge in [-0.1, -0.05) is 6.07 Å². The van der Waals surface area contributed by atoms with Crippen molar-refractivity contribution in [3.63, 3.8) is 0 Å². The first kappa shape index (κ1) is 22.1. The van der Waals surface area contributed by atoms with Gasteiger partial charge in [-0.25, -0.2) is 14.4 Å². The fourth-order valence-corrected chi connectivity index (χ4v) is 4.61. The lowest BCUT2D eigenvalue weighted by molar-refractivity contribution is 0.0303. The molecule has 0 saturated carbocycles. The first-order valence-electron chi connectivity index (χ1n) is 10.7. The van der Waals surface area contributed by atoms with Crippen molar-refractivity contribution >= 4 is 28.6 Å². The van der Waals surface area contributed by atoms with Gasteiger partial charge in [0.05, 0.1) is 30.4 Å². The van der Waals surface area contributed by atoms with Crippen LogP contribution >= 0.6 is 11.8 Å². The Kier molecular flexibility index (Phi) is 6.01. The summed E-state index contributed by atoms with van der Waals surface area (Å²) in [4.78, 5) is 24.8. The molecule has 3 heterocycles. The quantitative estimate of drug-likeness (QED) is 0.411. The zero-order chi connectivity index (χ0) is 23.7. The van der Waals surface area contributed by atoms with E-state index in [1.165, 1.54) is 30.6 Å². The molecule has 5 rings (SSSR count). The van der Waals surface area contributed by atoms with Crippen LogP contribution in [0.5, 0.6) is 0 Å². The molecule has 1 aliphatic heterocycles. The fourth-order valence-electron chi connectivity index (χ4n) is 4.01. The highest BCUT2D eigenvalue weighted by Crippen LogP contribution is 2.31. The van der Waals surface area contributed by atoms with Gasteiger partial charge < -0.3 is 9.64 Å². The maximum absolute atomic E-state index is 14.3. The molecule has 2 aromatic heterocycles. The van der Waals surface area contributed by atoms with Crippen LogP contribution in [0.25, 0.3) is 28.0 Å². The Bertz CT molecular complexity index is 1420. The Hall–Kier alpha value is -3.74. The molecule has 1 aliphatic rings. The van der Waals surface area contributed by atoms with E-state index in [2.05, 4.69) is 9.97 Å². The zero-order valence-corrected chi connectivity index (χ0v) is 19.2. The molecule has 0 radical (unpaired) electrons. The number of hydrogen-bond donors (Lipinski definition) is 0. The molecule has 0 bridgehead atoms. The van der Waals surface area contributed by atoms with Gasteiger partial charge in [0.2, 0.25) is 5.95 Å². The lowest BCUT2D eigenvalue weighted by Crippen LogP contribution is -2.40. The minimum Gasteiger partial charge on any atom is -0.378 e. The van der Waals surface area contributed by atoms with Crippen molar-refractivity contribution in [2.24, 2.45) is 0 Å². The van der Waals surface area contributed by atoms with Crippen LogP contribution in [0, 0.1) is 17.1 Å². The van der Waals surface area contributed by atoms with E-state index >= 15 is 0 Å². The second-order valence-electron chi connectivity index (χ2n) is 7.78. The summed E-state index contributed by atoms with van der Waals surface area (Å²) in [5.74, 6) is -0.0765. The van der Waals surface area contributed by atoms with Crippen LogP contribution < -0.4 is 0 Å². The molecule has 0 N–H and O–H groups in total. The van der Waals surface area contributed by atoms with Gasteiger partial charge in [-0.3, -0.25) is 9.36 Å². The molecule has 7 nitrogen and oxygen atoms in total. The smallest absolute Gasteiger partial charge is 0.254 e. The number of carbonyl (C=O) groups is 1. The fraction of sp³-hybridized carbons (Fsp3) is 0.200. The number of amides is 1. The number of nitriles is 1. The predicted octanol–water partition coefficient (Wildman–Crippen LogP) is 4.29. The highest BCUT2D eigenvalue weighted by molar-refractivity contribution is 7.98.